The lowest BCUT2D eigenvalue weighted by atomic mass is 10.3. The number of thioether (sulfide) groups is 1. The largest absolute Gasteiger partial charge is 0.437 e. The van der Waals surface area contributed by atoms with Crippen molar-refractivity contribution in [2.75, 3.05) is 6.26 Å². The normalized spacial score (nSPS) is 11.5. The lowest BCUT2D eigenvalue weighted by molar-refractivity contribution is -0.141. The lowest BCUT2D eigenvalue weighted by Gasteiger charge is -2.11. The van der Waals surface area contributed by atoms with Crippen LogP contribution in [0.3, 0.4) is 0 Å². The summed E-state index contributed by atoms with van der Waals surface area (Å²) in [6.07, 6.45) is -3.02. The third-order valence-electron chi connectivity index (χ3n) is 2.26. The molecule has 0 aliphatic heterocycles. The molecule has 0 aliphatic carbocycles. The van der Waals surface area contributed by atoms with E-state index in [1.807, 2.05) is 0 Å². The summed E-state index contributed by atoms with van der Waals surface area (Å²) in [5.74, 6) is -0.0918. The Kier molecular flexibility index (Phi) is 4.85. The highest BCUT2D eigenvalue weighted by molar-refractivity contribution is 7.98. The predicted octanol–water partition coefficient (Wildman–Crippen LogP) is 5.32. The zero-order chi connectivity index (χ0) is 15.6. The molecular formula is C12H7Cl2F3N2OS. The maximum atomic E-state index is 12.8. The molecular weight excluding hydrogens is 348 g/mol. The molecule has 0 bridgehead atoms. The molecule has 1 aromatic carbocycles. The van der Waals surface area contributed by atoms with Gasteiger partial charge in [0.1, 0.15) is 5.75 Å². The fourth-order valence-electron chi connectivity index (χ4n) is 1.36. The SMILES string of the molecule is CSc1nc(Oc2ccc(Cl)cc2Cl)cc(C(F)(F)F)n1. The van der Waals surface area contributed by atoms with E-state index in [1.54, 1.807) is 6.26 Å². The van der Waals surface area contributed by atoms with E-state index in [4.69, 9.17) is 27.9 Å². The fraction of sp³-hybridized carbons (Fsp3) is 0.167. The van der Waals surface area contributed by atoms with E-state index >= 15 is 0 Å². The summed E-state index contributed by atoms with van der Waals surface area (Å²) in [5, 5.41) is 0.501. The lowest BCUT2D eigenvalue weighted by Crippen LogP contribution is -2.09. The highest BCUT2D eigenvalue weighted by atomic mass is 35.5. The monoisotopic (exact) mass is 354 g/mol. The molecule has 0 unspecified atom stereocenters. The van der Waals surface area contributed by atoms with Crippen molar-refractivity contribution in [1.82, 2.24) is 9.97 Å². The van der Waals surface area contributed by atoms with Crippen LogP contribution in [0.2, 0.25) is 10.0 Å². The molecule has 1 heterocycles. The number of rotatable bonds is 3. The van der Waals surface area contributed by atoms with Gasteiger partial charge >= 0.3 is 6.18 Å². The average Bonchev–Trinajstić information content (AvgIpc) is 2.40. The van der Waals surface area contributed by atoms with Gasteiger partial charge in [0.2, 0.25) is 5.88 Å². The number of aromatic nitrogens is 2. The van der Waals surface area contributed by atoms with Crippen LogP contribution in [0.5, 0.6) is 11.6 Å². The van der Waals surface area contributed by atoms with E-state index in [1.165, 1.54) is 18.2 Å². The number of ether oxygens (including phenoxy) is 1. The van der Waals surface area contributed by atoms with Gasteiger partial charge in [0.15, 0.2) is 10.9 Å². The smallest absolute Gasteiger partial charge is 0.433 e. The maximum absolute atomic E-state index is 12.8. The van der Waals surface area contributed by atoms with Crippen LogP contribution in [-0.4, -0.2) is 16.2 Å². The molecule has 9 heteroatoms. The van der Waals surface area contributed by atoms with Crippen LogP contribution < -0.4 is 4.74 Å². The molecule has 2 aromatic rings. The summed E-state index contributed by atoms with van der Waals surface area (Å²) >= 11 is 12.6. The number of hydrogen-bond donors (Lipinski definition) is 0. The maximum Gasteiger partial charge on any atom is 0.433 e. The van der Waals surface area contributed by atoms with Crippen molar-refractivity contribution < 1.29 is 17.9 Å². The first kappa shape index (κ1) is 16.2. The van der Waals surface area contributed by atoms with Crippen LogP contribution in [0.25, 0.3) is 0 Å². The highest BCUT2D eigenvalue weighted by Gasteiger charge is 2.34. The fourth-order valence-corrected chi connectivity index (χ4v) is 2.18. The van der Waals surface area contributed by atoms with Gasteiger partial charge in [0, 0.05) is 11.1 Å². The van der Waals surface area contributed by atoms with Crippen molar-refractivity contribution in [3.8, 4) is 11.6 Å². The number of alkyl halides is 3. The summed E-state index contributed by atoms with van der Waals surface area (Å²) in [7, 11) is 0. The number of hydrogen-bond acceptors (Lipinski definition) is 4. The minimum atomic E-state index is -4.59. The Hall–Kier alpha value is -1.18. The van der Waals surface area contributed by atoms with Crippen LogP contribution in [0.15, 0.2) is 29.4 Å². The second-order valence-corrected chi connectivity index (χ2v) is 5.37. The Balaban J connectivity index is 2.39. The van der Waals surface area contributed by atoms with Gasteiger partial charge in [0.25, 0.3) is 0 Å². The molecule has 0 N–H and O–H groups in total. The molecule has 0 amide bonds. The van der Waals surface area contributed by atoms with Gasteiger partial charge in [-0.3, -0.25) is 0 Å². The van der Waals surface area contributed by atoms with E-state index in [2.05, 4.69) is 9.97 Å². The van der Waals surface area contributed by atoms with Gasteiger partial charge in [-0.2, -0.15) is 18.2 Å². The van der Waals surface area contributed by atoms with Crippen molar-refractivity contribution in [2.45, 2.75) is 11.3 Å². The molecule has 0 aliphatic rings. The molecule has 112 valence electrons. The van der Waals surface area contributed by atoms with Crippen LogP contribution in [-0.2, 0) is 6.18 Å². The van der Waals surface area contributed by atoms with Gasteiger partial charge in [-0.1, -0.05) is 35.0 Å². The molecule has 21 heavy (non-hydrogen) atoms. The van der Waals surface area contributed by atoms with E-state index in [-0.39, 0.29) is 21.8 Å². The third kappa shape index (κ3) is 4.15. The second-order valence-electron chi connectivity index (χ2n) is 3.75. The minimum Gasteiger partial charge on any atom is -0.437 e. The first-order valence-electron chi connectivity index (χ1n) is 5.43. The number of benzene rings is 1. The van der Waals surface area contributed by atoms with E-state index in [9.17, 15) is 13.2 Å². The molecule has 0 radical (unpaired) electrons. The predicted molar refractivity (Wildman–Crippen MR) is 75.4 cm³/mol. The molecule has 3 nitrogen and oxygen atoms in total. The molecule has 0 fully saturated rings. The minimum absolute atomic E-state index is 0.0510. The first-order chi connectivity index (χ1) is 9.79. The van der Waals surface area contributed by atoms with Gasteiger partial charge in [-0.15, -0.1) is 0 Å². The van der Waals surface area contributed by atoms with E-state index in [0.29, 0.717) is 11.1 Å². The molecule has 0 saturated carbocycles. The summed E-state index contributed by atoms with van der Waals surface area (Å²) in [6, 6.07) is 5.08. The van der Waals surface area contributed by atoms with Gasteiger partial charge < -0.3 is 4.74 Å². The van der Waals surface area contributed by atoms with Crippen molar-refractivity contribution in [1.29, 1.82) is 0 Å². The van der Waals surface area contributed by atoms with Crippen LogP contribution in [0.1, 0.15) is 5.69 Å². The Morgan fingerprint density at radius 3 is 2.43 bits per heavy atom. The Bertz CT molecular complexity index is 667. The molecule has 0 atom stereocenters. The molecule has 0 saturated heterocycles. The third-order valence-corrected chi connectivity index (χ3v) is 3.34. The van der Waals surface area contributed by atoms with Gasteiger partial charge in [-0.25, -0.2) is 4.98 Å². The van der Waals surface area contributed by atoms with E-state index in [0.717, 1.165) is 11.8 Å². The zero-order valence-electron chi connectivity index (χ0n) is 10.4. The highest BCUT2D eigenvalue weighted by Crippen LogP contribution is 2.34. The van der Waals surface area contributed by atoms with E-state index < -0.39 is 11.9 Å². The van der Waals surface area contributed by atoms with Crippen LogP contribution in [0.4, 0.5) is 13.2 Å². The summed E-state index contributed by atoms with van der Waals surface area (Å²) in [6.45, 7) is 0. The van der Waals surface area contributed by atoms with Crippen LogP contribution >= 0.6 is 35.0 Å². The Morgan fingerprint density at radius 2 is 1.86 bits per heavy atom. The molecule has 1 aromatic heterocycles. The van der Waals surface area contributed by atoms with Crippen molar-refractivity contribution >= 4 is 35.0 Å². The molecule has 0 spiro atoms. The summed E-state index contributed by atoms with van der Waals surface area (Å²) in [5.41, 5.74) is -1.08. The number of halogens is 5. The van der Waals surface area contributed by atoms with Crippen molar-refractivity contribution in [2.24, 2.45) is 0 Å². The van der Waals surface area contributed by atoms with Gasteiger partial charge in [-0.05, 0) is 24.5 Å². The first-order valence-corrected chi connectivity index (χ1v) is 7.41. The summed E-state index contributed by atoms with van der Waals surface area (Å²) < 4.78 is 43.6. The average molecular weight is 355 g/mol. The van der Waals surface area contributed by atoms with Gasteiger partial charge in [0.05, 0.1) is 5.02 Å². The summed E-state index contributed by atoms with van der Waals surface area (Å²) in [4.78, 5) is 7.26. The van der Waals surface area contributed by atoms with Crippen molar-refractivity contribution in [3.63, 3.8) is 0 Å². The number of nitrogens with zero attached hydrogens (tertiary/aromatic N) is 2. The second kappa shape index (κ2) is 6.29. The van der Waals surface area contributed by atoms with Crippen molar-refractivity contribution in [3.05, 3.63) is 40.0 Å². The zero-order valence-corrected chi connectivity index (χ0v) is 12.7. The topological polar surface area (TPSA) is 35.0 Å². The van der Waals surface area contributed by atoms with Crippen LogP contribution in [0, 0.1) is 0 Å². The Morgan fingerprint density at radius 1 is 1.14 bits per heavy atom. The Labute approximate surface area is 132 Å². The molecule has 2 rings (SSSR count). The quantitative estimate of drug-likeness (QED) is 0.552. The standard InChI is InChI=1S/C12H7Cl2F3N2OS/c1-21-11-18-9(12(15,16)17)5-10(19-11)20-8-3-2-6(13)4-7(8)14/h2-5H,1H3.